The van der Waals surface area contributed by atoms with Crippen LogP contribution in [-0.4, -0.2) is 48.9 Å². The Morgan fingerprint density at radius 1 is 1.50 bits per heavy atom. The highest BCUT2D eigenvalue weighted by atomic mass is 16.1. The summed E-state index contributed by atoms with van der Waals surface area (Å²) in [5, 5.41) is 6.52. The number of nitrogens with one attached hydrogen (secondary N) is 2. The van der Waals surface area contributed by atoms with Gasteiger partial charge in [0.15, 0.2) is 5.78 Å². The summed E-state index contributed by atoms with van der Waals surface area (Å²) >= 11 is 0. The number of ketones is 1. The monoisotopic (exact) mass is 285 g/mol. The second-order valence-electron chi connectivity index (χ2n) is 5.06. The van der Waals surface area contributed by atoms with Crippen LogP contribution in [0.2, 0.25) is 0 Å². The third-order valence-electron chi connectivity index (χ3n) is 3.72. The first-order valence-corrected chi connectivity index (χ1v) is 7.74. The summed E-state index contributed by atoms with van der Waals surface area (Å²) in [5.41, 5.74) is 0. The second kappa shape index (κ2) is 10.8. The molecule has 1 aliphatic heterocycles. The number of amides is 1. The molecule has 5 nitrogen and oxygen atoms in total. The minimum absolute atomic E-state index is 0.00852. The van der Waals surface area contributed by atoms with E-state index in [4.69, 9.17) is 0 Å². The highest BCUT2D eigenvalue weighted by Crippen LogP contribution is 2.16. The van der Waals surface area contributed by atoms with Gasteiger partial charge < -0.3 is 10.2 Å². The average molecular weight is 285 g/mol. The molecule has 1 saturated heterocycles. The molecule has 3 unspecified atom stereocenters. The van der Waals surface area contributed by atoms with Crippen molar-refractivity contribution in [3.8, 4) is 0 Å². The molecule has 1 fully saturated rings. The van der Waals surface area contributed by atoms with Crippen LogP contribution in [0.25, 0.3) is 0 Å². The lowest BCUT2D eigenvalue weighted by atomic mass is 10.0. The largest absolute Gasteiger partial charge is 0.320 e. The number of hydrogen-bond acceptors (Lipinski definition) is 4. The Hall–Kier alpha value is -0.940. The zero-order chi connectivity index (χ0) is 15.5. The summed E-state index contributed by atoms with van der Waals surface area (Å²) in [6.07, 6.45) is 4.55. The molecule has 2 N–H and O–H groups in total. The molecule has 20 heavy (non-hydrogen) atoms. The Balaban J connectivity index is 0.00000172. The fourth-order valence-corrected chi connectivity index (χ4v) is 2.43. The van der Waals surface area contributed by atoms with Crippen molar-refractivity contribution in [2.75, 3.05) is 13.6 Å². The molecule has 1 rings (SSSR count). The zero-order valence-corrected chi connectivity index (χ0v) is 13.6. The van der Waals surface area contributed by atoms with E-state index in [0.29, 0.717) is 6.04 Å². The number of nitrogens with zero attached hydrogens (tertiary/aromatic N) is 1. The first kappa shape index (κ1) is 19.1. The van der Waals surface area contributed by atoms with Crippen molar-refractivity contribution in [3.63, 3.8) is 0 Å². The fraction of sp³-hybridized carbons (Fsp3) is 0.867. The van der Waals surface area contributed by atoms with Gasteiger partial charge in [0.25, 0.3) is 0 Å². The van der Waals surface area contributed by atoms with Gasteiger partial charge in [-0.3, -0.25) is 14.9 Å². The SMILES string of the molecule is CC.CNC(C)CCCC1NCCC(C(C)=O)N1C=O. The average Bonchev–Trinajstić information content (AvgIpc) is 2.48. The Kier molecular flexibility index (Phi) is 10.3. The van der Waals surface area contributed by atoms with Crippen LogP contribution in [0.15, 0.2) is 0 Å². The highest BCUT2D eigenvalue weighted by Gasteiger charge is 2.31. The molecule has 0 aromatic heterocycles. The number of Topliss-reactive ketones (excluding diaryl/α,β-unsaturated/α-hetero) is 1. The molecule has 5 heteroatoms. The minimum atomic E-state index is -0.240. The molecule has 0 saturated carbocycles. The molecule has 1 amide bonds. The van der Waals surface area contributed by atoms with Crippen LogP contribution >= 0.6 is 0 Å². The predicted molar refractivity (Wildman–Crippen MR) is 82.5 cm³/mol. The van der Waals surface area contributed by atoms with E-state index in [2.05, 4.69) is 17.6 Å². The van der Waals surface area contributed by atoms with Gasteiger partial charge in [-0.15, -0.1) is 0 Å². The third-order valence-corrected chi connectivity index (χ3v) is 3.72. The van der Waals surface area contributed by atoms with Crippen molar-refractivity contribution in [1.82, 2.24) is 15.5 Å². The van der Waals surface area contributed by atoms with Gasteiger partial charge in [-0.25, -0.2) is 0 Å². The second-order valence-corrected chi connectivity index (χ2v) is 5.06. The molecule has 0 radical (unpaired) electrons. The van der Waals surface area contributed by atoms with Crippen molar-refractivity contribution in [1.29, 1.82) is 0 Å². The van der Waals surface area contributed by atoms with Gasteiger partial charge in [0, 0.05) is 6.04 Å². The van der Waals surface area contributed by atoms with E-state index in [0.717, 1.165) is 38.6 Å². The number of carbonyl (C=O) groups excluding carboxylic acids is 2. The van der Waals surface area contributed by atoms with Crippen LogP contribution in [0.3, 0.4) is 0 Å². The molecular formula is C15H31N3O2. The fourth-order valence-electron chi connectivity index (χ4n) is 2.43. The van der Waals surface area contributed by atoms with Gasteiger partial charge in [-0.05, 0) is 53.1 Å². The van der Waals surface area contributed by atoms with E-state index in [-0.39, 0.29) is 18.0 Å². The maximum Gasteiger partial charge on any atom is 0.211 e. The standard InChI is InChI=1S/C13H25N3O2.C2H6/c1-10(14-3)5-4-6-13-15-8-7-12(11(2)18)16(13)9-17;1-2/h9-10,12-15H,4-8H2,1-3H3;1-2H3. The van der Waals surface area contributed by atoms with Crippen LogP contribution in [0.4, 0.5) is 0 Å². The smallest absolute Gasteiger partial charge is 0.211 e. The molecule has 0 bridgehead atoms. The van der Waals surface area contributed by atoms with Gasteiger partial charge >= 0.3 is 0 Å². The Morgan fingerprint density at radius 2 is 2.15 bits per heavy atom. The zero-order valence-electron chi connectivity index (χ0n) is 13.6. The number of carbonyl (C=O) groups is 2. The first-order valence-electron chi connectivity index (χ1n) is 7.74. The Morgan fingerprint density at radius 3 is 2.65 bits per heavy atom. The summed E-state index contributed by atoms with van der Waals surface area (Å²) in [6, 6.07) is 0.248. The Labute approximate surface area is 123 Å². The Bertz CT molecular complexity index is 284. The number of rotatable bonds is 7. The lowest BCUT2D eigenvalue weighted by molar-refractivity contribution is -0.135. The van der Waals surface area contributed by atoms with Gasteiger partial charge in [-0.2, -0.15) is 0 Å². The van der Waals surface area contributed by atoms with E-state index in [1.807, 2.05) is 20.9 Å². The topological polar surface area (TPSA) is 61.4 Å². The quantitative estimate of drug-likeness (QED) is 0.696. The lowest BCUT2D eigenvalue weighted by Gasteiger charge is -2.39. The van der Waals surface area contributed by atoms with Gasteiger partial charge in [-0.1, -0.05) is 13.8 Å². The molecule has 0 aromatic carbocycles. The van der Waals surface area contributed by atoms with Crippen LogP contribution < -0.4 is 10.6 Å². The van der Waals surface area contributed by atoms with Crippen LogP contribution in [0, 0.1) is 0 Å². The van der Waals surface area contributed by atoms with Crippen molar-refractivity contribution < 1.29 is 9.59 Å². The van der Waals surface area contributed by atoms with E-state index in [1.165, 1.54) is 0 Å². The summed E-state index contributed by atoms with van der Waals surface area (Å²) < 4.78 is 0. The maximum absolute atomic E-state index is 11.5. The van der Waals surface area contributed by atoms with Crippen molar-refractivity contribution in [3.05, 3.63) is 0 Å². The molecule has 1 heterocycles. The molecule has 118 valence electrons. The summed E-state index contributed by atoms with van der Waals surface area (Å²) in [5.74, 6) is 0.0807. The third kappa shape index (κ3) is 6.01. The maximum atomic E-state index is 11.5. The van der Waals surface area contributed by atoms with Crippen LogP contribution in [0.5, 0.6) is 0 Å². The van der Waals surface area contributed by atoms with Crippen molar-refractivity contribution >= 4 is 12.2 Å². The van der Waals surface area contributed by atoms with Gasteiger partial charge in [0.05, 0.1) is 12.2 Å². The van der Waals surface area contributed by atoms with Gasteiger partial charge in [0.1, 0.15) is 0 Å². The van der Waals surface area contributed by atoms with E-state index >= 15 is 0 Å². The van der Waals surface area contributed by atoms with Gasteiger partial charge in [0.2, 0.25) is 6.41 Å². The molecular weight excluding hydrogens is 254 g/mol. The summed E-state index contributed by atoms with van der Waals surface area (Å²) in [4.78, 5) is 24.3. The van der Waals surface area contributed by atoms with E-state index in [1.54, 1.807) is 11.8 Å². The summed E-state index contributed by atoms with van der Waals surface area (Å²) in [7, 11) is 1.95. The van der Waals surface area contributed by atoms with Crippen molar-refractivity contribution in [2.45, 2.75) is 71.6 Å². The van der Waals surface area contributed by atoms with Crippen LogP contribution in [-0.2, 0) is 9.59 Å². The molecule has 3 atom stereocenters. The first-order chi connectivity index (χ1) is 9.60. The van der Waals surface area contributed by atoms with E-state index in [9.17, 15) is 9.59 Å². The predicted octanol–water partition coefficient (Wildman–Crippen LogP) is 1.53. The normalized spacial score (nSPS) is 23.6. The minimum Gasteiger partial charge on any atom is -0.320 e. The van der Waals surface area contributed by atoms with Crippen LogP contribution in [0.1, 0.15) is 53.4 Å². The van der Waals surface area contributed by atoms with E-state index < -0.39 is 0 Å². The molecule has 1 aliphatic rings. The van der Waals surface area contributed by atoms with Crippen molar-refractivity contribution in [2.24, 2.45) is 0 Å². The number of hydrogen-bond donors (Lipinski definition) is 2. The molecule has 0 aliphatic carbocycles. The molecule has 0 aromatic rings. The highest BCUT2D eigenvalue weighted by molar-refractivity contribution is 5.83. The summed E-state index contributed by atoms with van der Waals surface area (Å²) in [6.45, 7) is 8.51. The molecule has 0 spiro atoms. The lowest BCUT2D eigenvalue weighted by Crippen LogP contribution is -2.57.